The first-order chi connectivity index (χ1) is 4.81. The Labute approximate surface area is 59.3 Å². The number of aliphatic hydroxyl groups is 1. The van der Waals surface area contributed by atoms with Gasteiger partial charge in [0.15, 0.2) is 5.72 Å². The molecule has 1 aromatic rings. The van der Waals surface area contributed by atoms with Crippen LogP contribution < -0.4 is 0 Å². The van der Waals surface area contributed by atoms with E-state index in [-0.39, 0.29) is 0 Å². The van der Waals surface area contributed by atoms with Crippen molar-refractivity contribution < 1.29 is 5.11 Å². The van der Waals surface area contributed by atoms with E-state index in [2.05, 4.69) is 5.10 Å². The van der Waals surface area contributed by atoms with Gasteiger partial charge >= 0.3 is 0 Å². The van der Waals surface area contributed by atoms with E-state index in [9.17, 15) is 5.11 Å². The van der Waals surface area contributed by atoms with Gasteiger partial charge in [-0.1, -0.05) is 0 Å². The first-order valence-electron chi connectivity index (χ1n) is 3.54. The molecule has 0 amide bonds. The number of hydrogen-bond acceptors (Lipinski definition) is 2. The molecule has 3 heteroatoms. The molecule has 10 heavy (non-hydrogen) atoms. The van der Waals surface area contributed by atoms with Crippen molar-refractivity contribution in [1.29, 1.82) is 0 Å². The molecule has 1 saturated carbocycles. The van der Waals surface area contributed by atoms with Crippen LogP contribution in [0.5, 0.6) is 0 Å². The van der Waals surface area contributed by atoms with Crippen molar-refractivity contribution in [2.45, 2.75) is 25.0 Å². The molecule has 1 N–H and O–H groups in total. The van der Waals surface area contributed by atoms with E-state index in [4.69, 9.17) is 0 Å². The lowest BCUT2D eigenvalue weighted by atomic mass is 9.89. The van der Waals surface area contributed by atoms with E-state index in [1.165, 1.54) is 0 Å². The maximum Gasteiger partial charge on any atom is 0.157 e. The van der Waals surface area contributed by atoms with Crippen LogP contribution in [-0.2, 0) is 5.72 Å². The minimum atomic E-state index is -0.649. The second-order valence-electron chi connectivity index (χ2n) is 2.79. The van der Waals surface area contributed by atoms with Gasteiger partial charge in [-0.25, -0.2) is 4.68 Å². The van der Waals surface area contributed by atoms with Crippen LogP contribution in [0.1, 0.15) is 19.3 Å². The van der Waals surface area contributed by atoms with Gasteiger partial charge in [-0.05, 0) is 25.3 Å². The minimum absolute atomic E-state index is 0.649. The van der Waals surface area contributed by atoms with Crippen LogP contribution in [0.2, 0.25) is 0 Å². The van der Waals surface area contributed by atoms with E-state index in [0.29, 0.717) is 0 Å². The summed E-state index contributed by atoms with van der Waals surface area (Å²) < 4.78 is 1.64. The Morgan fingerprint density at radius 1 is 1.50 bits per heavy atom. The van der Waals surface area contributed by atoms with Crippen molar-refractivity contribution in [3.63, 3.8) is 0 Å². The first-order valence-corrected chi connectivity index (χ1v) is 3.54. The number of rotatable bonds is 1. The molecule has 2 rings (SSSR count). The van der Waals surface area contributed by atoms with Crippen molar-refractivity contribution >= 4 is 0 Å². The molecule has 1 heterocycles. The normalized spacial score (nSPS) is 22.1. The summed E-state index contributed by atoms with van der Waals surface area (Å²) in [6.07, 6.45) is 6.29. The number of hydrogen-bond donors (Lipinski definition) is 1. The van der Waals surface area contributed by atoms with Gasteiger partial charge in [0.25, 0.3) is 0 Å². The summed E-state index contributed by atoms with van der Waals surface area (Å²) in [5.74, 6) is 0. The predicted molar refractivity (Wildman–Crippen MR) is 36.3 cm³/mol. The van der Waals surface area contributed by atoms with Gasteiger partial charge in [-0.15, -0.1) is 0 Å². The van der Waals surface area contributed by atoms with Crippen molar-refractivity contribution in [2.75, 3.05) is 0 Å². The lowest BCUT2D eigenvalue weighted by Crippen LogP contribution is -2.40. The molecule has 1 aliphatic rings. The van der Waals surface area contributed by atoms with Crippen LogP contribution in [-0.4, -0.2) is 14.9 Å². The summed E-state index contributed by atoms with van der Waals surface area (Å²) in [5, 5.41) is 13.6. The van der Waals surface area contributed by atoms with Gasteiger partial charge in [-0.2, -0.15) is 5.10 Å². The zero-order chi connectivity index (χ0) is 7.03. The standard InChI is InChI=1S/C7H10N2O/c10-7(3-1-4-7)9-6-2-5-8-9/h2,5-6,10H,1,3-4H2. The summed E-state index contributed by atoms with van der Waals surface area (Å²) in [5.41, 5.74) is -0.649. The molecule has 3 nitrogen and oxygen atoms in total. The van der Waals surface area contributed by atoms with Crippen molar-refractivity contribution in [3.8, 4) is 0 Å². The van der Waals surface area contributed by atoms with Crippen LogP contribution in [0.25, 0.3) is 0 Å². The summed E-state index contributed by atoms with van der Waals surface area (Å²) in [7, 11) is 0. The highest BCUT2D eigenvalue weighted by molar-refractivity contribution is 4.89. The number of nitrogens with zero attached hydrogens (tertiary/aromatic N) is 2. The quantitative estimate of drug-likeness (QED) is 0.620. The second kappa shape index (κ2) is 1.83. The maximum absolute atomic E-state index is 9.67. The summed E-state index contributed by atoms with van der Waals surface area (Å²) in [4.78, 5) is 0. The lowest BCUT2D eigenvalue weighted by Gasteiger charge is -2.36. The molecular formula is C7H10N2O. The molecule has 0 unspecified atom stereocenters. The zero-order valence-electron chi connectivity index (χ0n) is 5.70. The monoisotopic (exact) mass is 138 g/mol. The maximum atomic E-state index is 9.67. The van der Waals surface area contributed by atoms with E-state index >= 15 is 0 Å². The Morgan fingerprint density at radius 2 is 2.30 bits per heavy atom. The van der Waals surface area contributed by atoms with Gasteiger partial charge < -0.3 is 5.11 Å². The fourth-order valence-corrected chi connectivity index (χ4v) is 1.24. The average Bonchev–Trinajstić information content (AvgIpc) is 2.33. The molecule has 0 spiro atoms. The van der Waals surface area contributed by atoms with E-state index in [0.717, 1.165) is 19.3 Å². The van der Waals surface area contributed by atoms with Gasteiger partial charge in [0.2, 0.25) is 0 Å². The Balaban J connectivity index is 2.27. The first kappa shape index (κ1) is 5.92. The topological polar surface area (TPSA) is 38.0 Å². The van der Waals surface area contributed by atoms with E-state index < -0.39 is 5.72 Å². The second-order valence-corrected chi connectivity index (χ2v) is 2.79. The molecule has 0 aromatic carbocycles. The van der Waals surface area contributed by atoms with Gasteiger partial charge in [0.05, 0.1) is 0 Å². The smallest absolute Gasteiger partial charge is 0.157 e. The highest BCUT2D eigenvalue weighted by Gasteiger charge is 2.36. The van der Waals surface area contributed by atoms with Crippen LogP contribution >= 0.6 is 0 Å². The largest absolute Gasteiger partial charge is 0.369 e. The third kappa shape index (κ3) is 0.671. The molecule has 0 saturated heterocycles. The van der Waals surface area contributed by atoms with Crippen LogP contribution in [0.4, 0.5) is 0 Å². The molecule has 0 atom stereocenters. The van der Waals surface area contributed by atoms with E-state index in [1.54, 1.807) is 17.1 Å². The predicted octanol–water partition coefficient (Wildman–Crippen LogP) is 0.712. The summed E-state index contributed by atoms with van der Waals surface area (Å²) >= 11 is 0. The van der Waals surface area contributed by atoms with Gasteiger partial charge in [0, 0.05) is 12.4 Å². The Hall–Kier alpha value is -0.830. The Bertz CT molecular complexity index is 214. The molecule has 1 aromatic heterocycles. The lowest BCUT2D eigenvalue weighted by molar-refractivity contribution is -0.116. The molecule has 0 aliphatic heterocycles. The molecule has 1 fully saturated rings. The van der Waals surface area contributed by atoms with E-state index in [1.807, 2.05) is 6.07 Å². The van der Waals surface area contributed by atoms with Gasteiger partial charge in [-0.3, -0.25) is 0 Å². The number of aromatic nitrogens is 2. The molecular weight excluding hydrogens is 128 g/mol. The third-order valence-corrected chi connectivity index (χ3v) is 2.09. The zero-order valence-corrected chi connectivity index (χ0v) is 5.70. The minimum Gasteiger partial charge on any atom is -0.369 e. The van der Waals surface area contributed by atoms with Crippen LogP contribution in [0, 0.1) is 0 Å². The Kier molecular flexibility index (Phi) is 1.08. The summed E-state index contributed by atoms with van der Waals surface area (Å²) in [6, 6.07) is 1.83. The van der Waals surface area contributed by atoms with Crippen molar-refractivity contribution in [3.05, 3.63) is 18.5 Å². The summed E-state index contributed by atoms with van der Waals surface area (Å²) in [6.45, 7) is 0. The van der Waals surface area contributed by atoms with Crippen molar-refractivity contribution in [2.24, 2.45) is 0 Å². The molecule has 0 bridgehead atoms. The highest BCUT2D eigenvalue weighted by atomic mass is 16.3. The van der Waals surface area contributed by atoms with Gasteiger partial charge in [0.1, 0.15) is 0 Å². The fourth-order valence-electron chi connectivity index (χ4n) is 1.24. The third-order valence-electron chi connectivity index (χ3n) is 2.09. The fraction of sp³-hybridized carbons (Fsp3) is 0.571. The van der Waals surface area contributed by atoms with Crippen LogP contribution in [0.3, 0.4) is 0 Å². The van der Waals surface area contributed by atoms with Crippen molar-refractivity contribution in [1.82, 2.24) is 9.78 Å². The highest BCUT2D eigenvalue weighted by Crippen LogP contribution is 2.35. The molecule has 1 aliphatic carbocycles. The van der Waals surface area contributed by atoms with Crippen LogP contribution in [0.15, 0.2) is 18.5 Å². The average molecular weight is 138 g/mol. The SMILES string of the molecule is OC1(n2cccn2)CCC1. The Morgan fingerprint density at radius 3 is 2.70 bits per heavy atom. The molecule has 0 radical (unpaired) electrons. The molecule has 54 valence electrons.